The van der Waals surface area contributed by atoms with Crippen molar-refractivity contribution in [2.75, 3.05) is 6.61 Å². The molecule has 0 unspecified atom stereocenters. The lowest BCUT2D eigenvalue weighted by atomic mass is 10.2. The number of nitrogens with zero attached hydrogens (tertiary/aromatic N) is 1. The number of carbonyl (C=O) groups is 1. The van der Waals surface area contributed by atoms with Crippen LogP contribution >= 0.6 is 11.6 Å². The van der Waals surface area contributed by atoms with E-state index >= 15 is 0 Å². The SMILES string of the molecule is O=C(COc1ccc(Cl)cc1)N/N=C\c1cccc(F)c1. The molecule has 0 bridgehead atoms. The molecule has 4 nitrogen and oxygen atoms in total. The Balaban J connectivity index is 1.78. The van der Waals surface area contributed by atoms with Gasteiger partial charge in [-0.05, 0) is 42.0 Å². The quantitative estimate of drug-likeness (QED) is 0.682. The Morgan fingerprint density at radius 1 is 1.29 bits per heavy atom. The lowest BCUT2D eigenvalue weighted by Crippen LogP contribution is -2.24. The number of hydrazone groups is 1. The molecule has 1 amide bonds. The van der Waals surface area contributed by atoms with Crippen molar-refractivity contribution in [3.8, 4) is 5.75 Å². The normalized spacial score (nSPS) is 10.6. The van der Waals surface area contributed by atoms with Gasteiger partial charge in [-0.15, -0.1) is 0 Å². The first-order chi connectivity index (χ1) is 10.1. The summed E-state index contributed by atoms with van der Waals surface area (Å²) in [5, 5.41) is 4.31. The van der Waals surface area contributed by atoms with Gasteiger partial charge in [0.1, 0.15) is 11.6 Å². The highest BCUT2D eigenvalue weighted by Crippen LogP contribution is 2.15. The average molecular weight is 307 g/mol. The molecule has 0 radical (unpaired) electrons. The van der Waals surface area contributed by atoms with E-state index in [1.807, 2.05) is 0 Å². The van der Waals surface area contributed by atoms with Crippen LogP contribution in [0, 0.1) is 5.82 Å². The van der Waals surface area contributed by atoms with Gasteiger partial charge in [0, 0.05) is 5.02 Å². The highest BCUT2D eigenvalue weighted by atomic mass is 35.5. The van der Waals surface area contributed by atoms with Crippen molar-refractivity contribution in [1.82, 2.24) is 5.43 Å². The third-order valence-electron chi connectivity index (χ3n) is 2.44. The van der Waals surface area contributed by atoms with E-state index < -0.39 is 5.91 Å². The van der Waals surface area contributed by atoms with Crippen LogP contribution in [0.25, 0.3) is 0 Å². The molecular weight excluding hydrogens is 295 g/mol. The number of hydrogen-bond acceptors (Lipinski definition) is 3. The smallest absolute Gasteiger partial charge is 0.277 e. The van der Waals surface area contributed by atoms with Crippen LogP contribution in [-0.4, -0.2) is 18.7 Å². The third-order valence-corrected chi connectivity index (χ3v) is 2.69. The van der Waals surface area contributed by atoms with Crippen molar-refractivity contribution in [3.05, 3.63) is 64.9 Å². The zero-order chi connectivity index (χ0) is 15.1. The van der Waals surface area contributed by atoms with Crippen LogP contribution in [0.15, 0.2) is 53.6 Å². The fourth-order valence-corrected chi connectivity index (χ4v) is 1.60. The Morgan fingerprint density at radius 2 is 2.05 bits per heavy atom. The number of carbonyl (C=O) groups excluding carboxylic acids is 1. The fourth-order valence-electron chi connectivity index (χ4n) is 1.48. The molecule has 6 heteroatoms. The first-order valence-electron chi connectivity index (χ1n) is 6.09. The number of ether oxygens (including phenoxy) is 1. The highest BCUT2D eigenvalue weighted by Gasteiger charge is 2.01. The molecule has 0 aliphatic rings. The molecule has 1 N–H and O–H groups in total. The van der Waals surface area contributed by atoms with Gasteiger partial charge in [-0.2, -0.15) is 5.10 Å². The van der Waals surface area contributed by atoms with E-state index in [-0.39, 0.29) is 12.4 Å². The summed E-state index contributed by atoms with van der Waals surface area (Å²) in [6.45, 7) is -0.178. The Labute approximate surface area is 126 Å². The van der Waals surface area contributed by atoms with Crippen molar-refractivity contribution in [2.24, 2.45) is 5.10 Å². The number of halogens is 2. The largest absolute Gasteiger partial charge is 0.484 e. The van der Waals surface area contributed by atoms with Gasteiger partial charge >= 0.3 is 0 Å². The topological polar surface area (TPSA) is 50.7 Å². The van der Waals surface area contributed by atoms with Crippen molar-refractivity contribution in [2.45, 2.75) is 0 Å². The van der Waals surface area contributed by atoms with E-state index in [1.165, 1.54) is 18.3 Å². The molecule has 108 valence electrons. The predicted octanol–water partition coefficient (Wildman–Crippen LogP) is 3.01. The van der Waals surface area contributed by atoms with Crippen LogP contribution in [0.5, 0.6) is 5.75 Å². The molecule has 0 saturated heterocycles. The Hall–Kier alpha value is -2.40. The summed E-state index contributed by atoms with van der Waals surface area (Å²) >= 11 is 5.73. The zero-order valence-corrected chi connectivity index (χ0v) is 11.7. The summed E-state index contributed by atoms with van der Waals surface area (Å²) in [5.41, 5.74) is 2.84. The first-order valence-corrected chi connectivity index (χ1v) is 6.47. The number of hydrogen-bond donors (Lipinski definition) is 1. The minimum Gasteiger partial charge on any atom is -0.484 e. The van der Waals surface area contributed by atoms with E-state index in [2.05, 4.69) is 10.5 Å². The summed E-state index contributed by atoms with van der Waals surface area (Å²) in [6.07, 6.45) is 1.35. The van der Waals surface area contributed by atoms with Gasteiger partial charge in [0.15, 0.2) is 6.61 Å². The molecular formula is C15H12ClFN2O2. The lowest BCUT2D eigenvalue weighted by molar-refractivity contribution is -0.123. The number of rotatable bonds is 5. The number of amides is 1. The van der Waals surface area contributed by atoms with Crippen LogP contribution in [0.4, 0.5) is 4.39 Å². The van der Waals surface area contributed by atoms with Crippen LogP contribution in [-0.2, 0) is 4.79 Å². The van der Waals surface area contributed by atoms with Crippen LogP contribution in [0.3, 0.4) is 0 Å². The summed E-state index contributed by atoms with van der Waals surface area (Å²) in [7, 11) is 0. The van der Waals surface area contributed by atoms with Crippen molar-refractivity contribution >= 4 is 23.7 Å². The molecule has 0 aliphatic heterocycles. The van der Waals surface area contributed by atoms with Crippen molar-refractivity contribution in [1.29, 1.82) is 0 Å². The maximum atomic E-state index is 12.9. The van der Waals surface area contributed by atoms with Crippen LogP contribution < -0.4 is 10.2 Å². The van der Waals surface area contributed by atoms with Crippen LogP contribution in [0.1, 0.15) is 5.56 Å². The van der Waals surface area contributed by atoms with Crippen molar-refractivity contribution in [3.63, 3.8) is 0 Å². The summed E-state index contributed by atoms with van der Waals surface area (Å²) in [4.78, 5) is 11.5. The Morgan fingerprint density at radius 3 is 2.76 bits per heavy atom. The highest BCUT2D eigenvalue weighted by molar-refractivity contribution is 6.30. The maximum absolute atomic E-state index is 12.9. The van der Waals surface area contributed by atoms with Gasteiger partial charge in [-0.25, -0.2) is 9.82 Å². The minimum absolute atomic E-state index is 0.178. The van der Waals surface area contributed by atoms with Gasteiger partial charge in [0.2, 0.25) is 0 Å². The molecule has 0 heterocycles. The monoisotopic (exact) mass is 306 g/mol. The predicted molar refractivity (Wildman–Crippen MR) is 79.1 cm³/mol. The Kier molecular flexibility index (Phi) is 5.29. The standard InChI is InChI=1S/C15H12ClFN2O2/c16-12-4-6-14(7-5-12)21-10-15(20)19-18-9-11-2-1-3-13(17)8-11/h1-9H,10H2,(H,19,20)/b18-9-. The average Bonchev–Trinajstić information content (AvgIpc) is 2.47. The lowest BCUT2D eigenvalue weighted by Gasteiger charge is -2.04. The molecule has 0 saturated carbocycles. The summed E-state index contributed by atoms with van der Waals surface area (Å²) in [5.74, 6) is -0.252. The number of benzene rings is 2. The van der Waals surface area contributed by atoms with Gasteiger partial charge in [0.05, 0.1) is 6.21 Å². The summed E-state index contributed by atoms with van der Waals surface area (Å²) in [6, 6.07) is 12.5. The third kappa shape index (κ3) is 5.24. The van der Waals surface area contributed by atoms with Gasteiger partial charge in [0.25, 0.3) is 5.91 Å². The first kappa shape index (κ1) is 15.0. The van der Waals surface area contributed by atoms with Gasteiger partial charge in [-0.1, -0.05) is 23.7 Å². The summed E-state index contributed by atoms with van der Waals surface area (Å²) < 4.78 is 18.2. The second-order valence-electron chi connectivity index (χ2n) is 4.09. The Bertz CT molecular complexity index is 644. The van der Waals surface area contributed by atoms with E-state index in [4.69, 9.17) is 16.3 Å². The van der Waals surface area contributed by atoms with Crippen molar-refractivity contribution < 1.29 is 13.9 Å². The molecule has 2 aromatic rings. The van der Waals surface area contributed by atoms with E-state index in [1.54, 1.807) is 36.4 Å². The van der Waals surface area contributed by atoms with Gasteiger partial charge < -0.3 is 4.74 Å². The second-order valence-corrected chi connectivity index (χ2v) is 4.53. The molecule has 0 atom stereocenters. The molecule has 0 spiro atoms. The van der Waals surface area contributed by atoms with E-state index in [0.717, 1.165) is 0 Å². The van der Waals surface area contributed by atoms with E-state index in [0.29, 0.717) is 16.3 Å². The van der Waals surface area contributed by atoms with E-state index in [9.17, 15) is 9.18 Å². The fraction of sp³-hybridized carbons (Fsp3) is 0.0667. The molecule has 0 aromatic heterocycles. The number of nitrogens with one attached hydrogen (secondary N) is 1. The van der Waals surface area contributed by atoms with Gasteiger partial charge in [-0.3, -0.25) is 4.79 Å². The molecule has 0 aliphatic carbocycles. The second kappa shape index (κ2) is 7.40. The maximum Gasteiger partial charge on any atom is 0.277 e. The van der Waals surface area contributed by atoms with Crippen LogP contribution in [0.2, 0.25) is 5.02 Å². The minimum atomic E-state index is -0.419. The molecule has 2 rings (SSSR count). The zero-order valence-electron chi connectivity index (χ0n) is 10.9. The molecule has 0 fully saturated rings. The molecule has 2 aromatic carbocycles. The molecule has 21 heavy (non-hydrogen) atoms.